The first-order valence-electron chi connectivity index (χ1n) is 10.4. The van der Waals surface area contributed by atoms with E-state index in [1.165, 1.54) is 6.07 Å². The monoisotopic (exact) mass is 427 g/mol. The molecular formula is C25H21N3O4. The van der Waals surface area contributed by atoms with Crippen molar-refractivity contribution in [3.63, 3.8) is 0 Å². The Hall–Kier alpha value is -4.13. The van der Waals surface area contributed by atoms with Gasteiger partial charge < -0.3 is 14.6 Å². The number of rotatable bonds is 4. The minimum atomic E-state index is -0.468. The molecule has 1 amide bonds. The first-order chi connectivity index (χ1) is 15.6. The lowest BCUT2D eigenvalue weighted by atomic mass is 9.91. The SMILES string of the molecule is COc1ccc2[nH]c3c(c2c1)CCN(C(=O)c1ccccc1)[C@H]3c1cccc([N+](=O)[O-])c1. The van der Waals surface area contributed by atoms with Gasteiger partial charge in [-0.3, -0.25) is 14.9 Å². The van der Waals surface area contributed by atoms with Gasteiger partial charge in [-0.25, -0.2) is 0 Å². The molecule has 1 aliphatic rings. The highest BCUT2D eigenvalue weighted by Crippen LogP contribution is 2.40. The molecule has 2 heterocycles. The van der Waals surface area contributed by atoms with Crippen LogP contribution in [0.4, 0.5) is 5.69 Å². The van der Waals surface area contributed by atoms with Gasteiger partial charge in [-0.15, -0.1) is 0 Å². The smallest absolute Gasteiger partial charge is 0.269 e. The lowest BCUT2D eigenvalue weighted by Gasteiger charge is -2.36. The average molecular weight is 427 g/mol. The third-order valence-corrected chi connectivity index (χ3v) is 6.01. The van der Waals surface area contributed by atoms with Crippen LogP contribution in [-0.4, -0.2) is 34.4 Å². The molecule has 0 aliphatic carbocycles. The number of benzene rings is 3. The number of hydrogen-bond donors (Lipinski definition) is 1. The Kier molecular flexibility index (Phi) is 4.86. The summed E-state index contributed by atoms with van der Waals surface area (Å²) in [5.41, 5.74) is 4.21. The molecule has 1 aromatic heterocycles. The molecule has 1 N–H and O–H groups in total. The fraction of sp³-hybridized carbons (Fsp3) is 0.160. The van der Waals surface area contributed by atoms with Crippen molar-refractivity contribution < 1.29 is 14.5 Å². The third kappa shape index (κ3) is 3.28. The standard InChI is InChI=1S/C25H21N3O4/c1-32-19-10-11-22-21(15-19)20-12-13-27(25(29)16-6-3-2-4-7-16)24(23(20)26-22)17-8-5-9-18(14-17)28(30)31/h2-11,14-15,24,26H,12-13H2,1H3/t24-/m0/s1. The average Bonchev–Trinajstić information content (AvgIpc) is 3.21. The van der Waals surface area contributed by atoms with E-state index in [2.05, 4.69) is 4.98 Å². The Labute approximate surface area is 184 Å². The van der Waals surface area contributed by atoms with E-state index in [0.29, 0.717) is 24.1 Å². The van der Waals surface area contributed by atoms with Gasteiger partial charge >= 0.3 is 0 Å². The number of fused-ring (bicyclic) bond motifs is 3. The van der Waals surface area contributed by atoms with E-state index in [1.54, 1.807) is 36.3 Å². The largest absolute Gasteiger partial charge is 0.497 e. The molecule has 1 atom stereocenters. The van der Waals surface area contributed by atoms with Crippen LogP contribution < -0.4 is 4.74 Å². The summed E-state index contributed by atoms with van der Waals surface area (Å²) in [5, 5.41) is 12.5. The summed E-state index contributed by atoms with van der Waals surface area (Å²) in [7, 11) is 1.63. The molecule has 5 rings (SSSR count). The van der Waals surface area contributed by atoms with Crippen LogP contribution in [0.25, 0.3) is 10.9 Å². The van der Waals surface area contributed by atoms with Gasteiger partial charge in [-0.2, -0.15) is 0 Å². The van der Waals surface area contributed by atoms with E-state index in [1.807, 2.05) is 42.5 Å². The number of hydrogen-bond acceptors (Lipinski definition) is 4. The lowest BCUT2D eigenvalue weighted by molar-refractivity contribution is -0.384. The molecular weight excluding hydrogens is 406 g/mol. The number of ether oxygens (including phenoxy) is 1. The van der Waals surface area contributed by atoms with Crippen molar-refractivity contribution in [1.82, 2.24) is 9.88 Å². The van der Waals surface area contributed by atoms with E-state index >= 15 is 0 Å². The Bertz CT molecular complexity index is 1330. The van der Waals surface area contributed by atoms with Gasteiger partial charge in [-0.1, -0.05) is 30.3 Å². The van der Waals surface area contributed by atoms with Crippen molar-refractivity contribution in [3.8, 4) is 5.75 Å². The highest BCUT2D eigenvalue weighted by atomic mass is 16.6. The Morgan fingerprint density at radius 1 is 1.09 bits per heavy atom. The molecule has 0 radical (unpaired) electrons. The van der Waals surface area contributed by atoms with Gasteiger partial charge in [0.15, 0.2) is 0 Å². The molecule has 0 saturated carbocycles. The van der Waals surface area contributed by atoms with Crippen molar-refractivity contribution in [2.75, 3.05) is 13.7 Å². The highest BCUT2D eigenvalue weighted by Gasteiger charge is 2.35. The first-order valence-corrected chi connectivity index (χ1v) is 10.4. The Balaban J connectivity index is 1.69. The zero-order chi connectivity index (χ0) is 22.2. The van der Waals surface area contributed by atoms with Crippen LogP contribution in [0.2, 0.25) is 0 Å². The maximum absolute atomic E-state index is 13.5. The van der Waals surface area contributed by atoms with Crippen molar-refractivity contribution in [2.24, 2.45) is 0 Å². The second-order valence-corrected chi connectivity index (χ2v) is 7.80. The van der Waals surface area contributed by atoms with Crippen molar-refractivity contribution in [3.05, 3.63) is 105 Å². The van der Waals surface area contributed by atoms with Crippen LogP contribution in [0, 0.1) is 10.1 Å². The van der Waals surface area contributed by atoms with Crippen LogP contribution >= 0.6 is 0 Å². The lowest BCUT2D eigenvalue weighted by Crippen LogP contribution is -2.40. The Morgan fingerprint density at radius 3 is 2.66 bits per heavy atom. The Morgan fingerprint density at radius 2 is 1.91 bits per heavy atom. The minimum Gasteiger partial charge on any atom is -0.497 e. The topological polar surface area (TPSA) is 88.5 Å². The number of aromatic nitrogens is 1. The number of H-pyrrole nitrogens is 1. The van der Waals surface area contributed by atoms with E-state index in [0.717, 1.165) is 27.9 Å². The number of nitro groups is 1. The molecule has 7 nitrogen and oxygen atoms in total. The highest BCUT2D eigenvalue weighted by molar-refractivity contribution is 5.95. The minimum absolute atomic E-state index is 0.000450. The number of non-ortho nitro benzene ring substituents is 1. The molecule has 4 aromatic rings. The summed E-state index contributed by atoms with van der Waals surface area (Å²) < 4.78 is 5.40. The summed E-state index contributed by atoms with van der Waals surface area (Å²) in [6.45, 7) is 0.498. The predicted molar refractivity (Wildman–Crippen MR) is 121 cm³/mol. The molecule has 1 aliphatic heterocycles. The van der Waals surface area contributed by atoms with E-state index in [-0.39, 0.29) is 11.6 Å². The normalized spacial score (nSPS) is 15.4. The molecule has 3 aromatic carbocycles. The predicted octanol–water partition coefficient (Wildman–Crippen LogP) is 4.87. The van der Waals surface area contributed by atoms with Crippen LogP contribution in [0.1, 0.15) is 33.2 Å². The van der Waals surface area contributed by atoms with Crippen molar-refractivity contribution in [2.45, 2.75) is 12.5 Å². The summed E-state index contributed by atoms with van der Waals surface area (Å²) in [6, 6.07) is 21.0. The number of carbonyl (C=O) groups is 1. The van der Waals surface area contributed by atoms with E-state index < -0.39 is 11.0 Å². The second kappa shape index (κ2) is 7.85. The second-order valence-electron chi connectivity index (χ2n) is 7.80. The number of methoxy groups -OCH3 is 1. The molecule has 160 valence electrons. The number of nitro benzene ring substituents is 1. The maximum Gasteiger partial charge on any atom is 0.269 e. The zero-order valence-electron chi connectivity index (χ0n) is 17.4. The quantitative estimate of drug-likeness (QED) is 0.372. The summed E-state index contributed by atoms with van der Waals surface area (Å²) in [4.78, 5) is 29.8. The number of nitrogens with zero attached hydrogens (tertiary/aromatic N) is 2. The van der Waals surface area contributed by atoms with E-state index in [9.17, 15) is 14.9 Å². The van der Waals surface area contributed by atoms with Gasteiger partial charge in [0.2, 0.25) is 0 Å². The van der Waals surface area contributed by atoms with Gasteiger partial charge in [0.05, 0.1) is 18.1 Å². The molecule has 7 heteroatoms. The third-order valence-electron chi connectivity index (χ3n) is 6.01. The first kappa shape index (κ1) is 19.8. The molecule has 0 fully saturated rings. The maximum atomic E-state index is 13.5. The van der Waals surface area contributed by atoms with Crippen molar-refractivity contribution >= 4 is 22.5 Å². The van der Waals surface area contributed by atoms with Crippen LogP contribution in [-0.2, 0) is 6.42 Å². The number of carbonyl (C=O) groups excluding carboxylic acids is 1. The van der Waals surface area contributed by atoms with Crippen LogP contribution in [0.5, 0.6) is 5.75 Å². The summed E-state index contributed by atoms with van der Waals surface area (Å²) in [5.74, 6) is 0.651. The van der Waals surface area contributed by atoms with Crippen LogP contribution in [0.15, 0.2) is 72.8 Å². The van der Waals surface area contributed by atoms with Crippen molar-refractivity contribution in [1.29, 1.82) is 0 Å². The van der Waals surface area contributed by atoms with Gasteiger partial charge in [0.25, 0.3) is 11.6 Å². The number of nitrogens with one attached hydrogen (secondary N) is 1. The molecule has 0 spiro atoms. The van der Waals surface area contributed by atoms with Gasteiger partial charge in [0, 0.05) is 40.8 Å². The molecule has 0 bridgehead atoms. The zero-order valence-corrected chi connectivity index (χ0v) is 17.4. The summed E-state index contributed by atoms with van der Waals surface area (Å²) >= 11 is 0. The van der Waals surface area contributed by atoms with Gasteiger partial charge in [-0.05, 0) is 47.9 Å². The molecule has 0 saturated heterocycles. The van der Waals surface area contributed by atoms with E-state index in [4.69, 9.17) is 4.74 Å². The fourth-order valence-corrected chi connectivity index (χ4v) is 4.51. The number of amides is 1. The number of aromatic amines is 1. The summed E-state index contributed by atoms with van der Waals surface area (Å²) in [6.07, 6.45) is 0.673. The molecule has 0 unspecified atom stereocenters. The fourth-order valence-electron chi connectivity index (χ4n) is 4.51. The van der Waals surface area contributed by atoms with Gasteiger partial charge in [0.1, 0.15) is 5.75 Å². The molecule has 32 heavy (non-hydrogen) atoms. The van der Waals surface area contributed by atoms with Crippen LogP contribution in [0.3, 0.4) is 0 Å².